The van der Waals surface area contributed by atoms with E-state index in [4.69, 9.17) is 0 Å². The zero-order chi connectivity index (χ0) is 33.3. The molecule has 10 aromatic rings. The van der Waals surface area contributed by atoms with Crippen molar-refractivity contribution in [2.24, 2.45) is 0 Å². The monoisotopic (exact) mass is 646 g/mol. The van der Waals surface area contributed by atoms with Gasteiger partial charge in [-0.1, -0.05) is 133 Å². The van der Waals surface area contributed by atoms with Gasteiger partial charge in [0.05, 0.1) is 5.41 Å². The molecule has 0 atom stereocenters. The van der Waals surface area contributed by atoms with E-state index < -0.39 is 5.41 Å². The van der Waals surface area contributed by atoms with E-state index in [2.05, 4.69) is 180 Å². The lowest BCUT2D eigenvalue weighted by atomic mass is 9.70. The number of para-hydroxylation sites is 2. The van der Waals surface area contributed by atoms with Crippen LogP contribution in [0, 0.1) is 0 Å². The van der Waals surface area contributed by atoms with E-state index in [1.807, 2.05) is 0 Å². The number of nitrogens with one attached hydrogen (secondary N) is 2. The maximum atomic E-state index is 3.67. The molecule has 0 saturated carbocycles. The van der Waals surface area contributed by atoms with Crippen LogP contribution in [0.2, 0.25) is 0 Å². The van der Waals surface area contributed by atoms with Crippen molar-refractivity contribution in [3.05, 3.63) is 192 Å². The highest BCUT2D eigenvalue weighted by Gasteiger charge is 2.51. The van der Waals surface area contributed by atoms with Gasteiger partial charge >= 0.3 is 0 Å². The van der Waals surface area contributed by atoms with Gasteiger partial charge in [-0.3, -0.25) is 0 Å². The predicted molar refractivity (Wildman–Crippen MR) is 212 cm³/mol. The van der Waals surface area contributed by atoms with Gasteiger partial charge in [-0.05, 0) is 103 Å². The zero-order valence-electron chi connectivity index (χ0n) is 27.7. The van der Waals surface area contributed by atoms with Crippen LogP contribution in [0.25, 0.3) is 88.1 Å². The second kappa shape index (κ2) is 9.74. The first-order chi connectivity index (χ1) is 25.3. The van der Waals surface area contributed by atoms with E-state index in [-0.39, 0.29) is 0 Å². The molecule has 0 radical (unpaired) electrons. The van der Waals surface area contributed by atoms with Crippen LogP contribution < -0.4 is 0 Å². The van der Waals surface area contributed by atoms with Crippen molar-refractivity contribution in [1.29, 1.82) is 0 Å². The number of benzene rings is 8. The van der Waals surface area contributed by atoms with Gasteiger partial charge in [0.1, 0.15) is 0 Å². The molecule has 0 bridgehead atoms. The largest absolute Gasteiger partial charge is 0.354 e. The molecule has 51 heavy (non-hydrogen) atoms. The standard InChI is InChI=1S/C49H30N2/c1-5-17-39-33(11-1)34-12-2-6-18-40(34)49(39)41-27-29(31-15-9-21-45-47(31)37-13-3-7-19-43(37)50-45)23-25-35(41)36-26-24-30(28-42(36)49)32-16-10-22-46-48(32)38-14-4-8-20-44(38)51-46/h1-28,50-51H. The number of hydrogen-bond donors (Lipinski definition) is 2. The second-order valence-corrected chi connectivity index (χ2v) is 14.2. The lowest BCUT2D eigenvalue weighted by molar-refractivity contribution is 0.794. The summed E-state index contributed by atoms with van der Waals surface area (Å²) in [6, 6.07) is 63.3. The molecule has 2 N–H and O–H groups in total. The minimum Gasteiger partial charge on any atom is -0.354 e. The van der Waals surface area contributed by atoms with Crippen molar-refractivity contribution in [3.8, 4) is 44.5 Å². The average Bonchev–Trinajstić information content (AvgIpc) is 3.92. The number of aromatic nitrogens is 2. The Balaban J connectivity index is 1.17. The van der Waals surface area contributed by atoms with E-state index in [0.717, 1.165) is 0 Å². The Bertz CT molecular complexity index is 2890. The third kappa shape index (κ3) is 3.42. The van der Waals surface area contributed by atoms with Crippen molar-refractivity contribution in [3.63, 3.8) is 0 Å². The predicted octanol–water partition coefficient (Wildman–Crippen LogP) is 12.6. The summed E-state index contributed by atoms with van der Waals surface area (Å²) in [5.74, 6) is 0. The van der Waals surface area contributed by atoms with Crippen molar-refractivity contribution < 1.29 is 0 Å². The maximum Gasteiger partial charge on any atom is 0.0725 e. The van der Waals surface area contributed by atoms with E-state index >= 15 is 0 Å². The highest BCUT2D eigenvalue weighted by atomic mass is 14.7. The molecular formula is C49H30N2. The van der Waals surface area contributed by atoms with E-state index in [1.54, 1.807) is 0 Å². The second-order valence-electron chi connectivity index (χ2n) is 14.2. The van der Waals surface area contributed by atoms with Gasteiger partial charge in [0.15, 0.2) is 0 Å². The van der Waals surface area contributed by atoms with Gasteiger partial charge in [0.25, 0.3) is 0 Å². The van der Waals surface area contributed by atoms with Crippen LogP contribution in [0.3, 0.4) is 0 Å². The molecule has 2 nitrogen and oxygen atoms in total. The van der Waals surface area contributed by atoms with Crippen LogP contribution in [-0.4, -0.2) is 9.97 Å². The molecule has 2 heterocycles. The van der Waals surface area contributed by atoms with Gasteiger partial charge in [-0.15, -0.1) is 0 Å². The fourth-order valence-electron chi connectivity index (χ4n) is 9.76. The quantitative estimate of drug-likeness (QED) is 0.187. The minimum absolute atomic E-state index is 0.452. The molecule has 8 aromatic carbocycles. The smallest absolute Gasteiger partial charge is 0.0725 e. The molecule has 2 aliphatic carbocycles. The number of H-pyrrole nitrogens is 2. The molecule has 0 saturated heterocycles. The summed E-state index contributed by atoms with van der Waals surface area (Å²) in [5, 5.41) is 5.07. The van der Waals surface area contributed by atoms with Gasteiger partial charge in [-0.2, -0.15) is 0 Å². The summed E-state index contributed by atoms with van der Waals surface area (Å²) >= 11 is 0. The Hall–Kier alpha value is -6.64. The number of fused-ring (bicyclic) bond motifs is 16. The summed E-state index contributed by atoms with van der Waals surface area (Å²) in [5.41, 5.74) is 19.9. The van der Waals surface area contributed by atoms with E-state index in [1.165, 1.54) is 110 Å². The fraction of sp³-hybridized carbons (Fsp3) is 0.0204. The lowest BCUT2D eigenvalue weighted by Crippen LogP contribution is -2.26. The van der Waals surface area contributed by atoms with Gasteiger partial charge in [0.2, 0.25) is 0 Å². The van der Waals surface area contributed by atoms with Gasteiger partial charge in [-0.25, -0.2) is 0 Å². The Morgan fingerprint density at radius 2 is 0.686 bits per heavy atom. The van der Waals surface area contributed by atoms with Crippen LogP contribution in [-0.2, 0) is 5.41 Å². The van der Waals surface area contributed by atoms with Crippen molar-refractivity contribution >= 4 is 43.6 Å². The molecule has 2 aliphatic rings. The summed E-state index contributed by atoms with van der Waals surface area (Å²) in [6.07, 6.45) is 0. The molecule has 0 aliphatic heterocycles. The SMILES string of the molecule is c1ccc2c(c1)-c1ccccc1C21c2cc(-c3cccc4[nH]c5ccccc5c34)ccc2-c2ccc(-c3cccc4[nH]c5ccccc5c34)cc21. The Morgan fingerprint density at radius 3 is 1.20 bits per heavy atom. The zero-order valence-corrected chi connectivity index (χ0v) is 27.7. The molecule has 0 unspecified atom stereocenters. The normalized spacial score (nSPS) is 13.6. The molecule has 236 valence electrons. The minimum atomic E-state index is -0.452. The lowest BCUT2D eigenvalue weighted by Gasteiger charge is -2.31. The van der Waals surface area contributed by atoms with E-state index in [9.17, 15) is 0 Å². The highest BCUT2D eigenvalue weighted by molar-refractivity contribution is 6.15. The Labute approximate surface area is 294 Å². The molecular weight excluding hydrogens is 617 g/mol. The molecule has 2 aromatic heterocycles. The average molecular weight is 647 g/mol. The first-order valence-electron chi connectivity index (χ1n) is 17.8. The van der Waals surface area contributed by atoms with Crippen LogP contribution >= 0.6 is 0 Å². The van der Waals surface area contributed by atoms with Crippen LogP contribution in [0.1, 0.15) is 22.3 Å². The van der Waals surface area contributed by atoms with Crippen LogP contribution in [0.5, 0.6) is 0 Å². The Morgan fingerprint density at radius 1 is 0.294 bits per heavy atom. The fourth-order valence-corrected chi connectivity index (χ4v) is 9.76. The van der Waals surface area contributed by atoms with Gasteiger partial charge in [0, 0.05) is 43.6 Å². The summed E-state index contributed by atoms with van der Waals surface area (Å²) in [6.45, 7) is 0. The third-order valence-electron chi connectivity index (χ3n) is 11.8. The first kappa shape index (κ1) is 27.2. The maximum absolute atomic E-state index is 3.67. The number of hydrogen-bond acceptors (Lipinski definition) is 0. The topological polar surface area (TPSA) is 31.6 Å². The number of aromatic amines is 2. The molecule has 12 rings (SSSR count). The summed E-state index contributed by atoms with van der Waals surface area (Å²) in [4.78, 5) is 7.34. The highest BCUT2D eigenvalue weighted by Crippen LogP contribution is 2.63. The van der Waals surface area contributed by atoms with Crippen molar-refractivity contribution in [1.82, 2.24) is 9.97 Å². The van der Waals surface area contributed by atoms with E-state index in [0.29, 0.717) is 0 Å². The van der Waals surface area contributed by atoms with Crippen molar-refractivity contribution in [2.75, 3.05) is 0 Å². The molecule has 2 heteroatoms. The Kier molecular flexibility index (Phi) is 5.20. The summed E-state index contributed by atoms with van der Waals surface area (Å²) < 4.78 is 0. The molecule has 0 amide bonds. The van der Waals surface area contributed by atoms with Crippen LogP contribution in [0.4, 0.5) is 0 Å². The van der Waals surface area contributed by atoms with Crippen LogP contribution in [0.15, 0.2) is 170 Å². The first-order valence-corrected chi connectivity index (χ1v) is 17.8. The van der Waals surface area contributed by atoms with Crippen molar-refractivity contribution in [2.45, 2.75) is 5.41 Å². The summed E-state index contributed by atoms with van der Waals surface area (Å²) in [7, 11) is 0. The molecule has 0 fully saturated rings. The van der Waals surface area contributed by atoms with Gasteiger partial charge < -0.3 is 9.97 Å². The number of rotatable bonds is 2. The third-order valence-corrected chi connectivity index (χ3v) is 11.8. The molecule has 1 spiro atoms.